The Bertz CT molecular complexity index is 2000. The van der Waals surface area contributed by atoms with Crippen LogP contribution < -0.4 is 9.80 Å². The number of imide groups is 1. The molecule has 0 atom stereocenters. The molecule has 11 heteroatoms. The van der Waals surface area contributed by atoms with E-state index in [4.69, 9.17) is 46.4 Å². The molecule has 7 rings (SSSR count). The molecule has 3 heterocycles. The third-order valence-corrected chi connectivity index (χ3v) is 11.0. The number of nitrogens with zero attached hydrogens (tertiary/aromatic N) is 3. The molecule has 6 nitrogen and oxygen atoms in total. The maximum Gasteiger partial charge on any atom is 0.266 e. The smallest absolute Gasteiger partial charge is 0.266 e. The molecular formula is C36H25Cl4N3O3S. The van der Waals surface area contributed by atoms with Gasteiger partial charge in [0.1, 0.15) is 5.00 Å². The van der Waals surface area contributed by atoms with Crippen LogP contribution in [0.2, 0.25) is 20.1 Å². The third kappa shape index (κ3) is 6.08. The van der Waals surface area contributed by atoms with Crippen molar-refractivity contribution in [3.8, 4) is 10.4 Å². The Morgan fingerprint density at radius 3 is 1.89 bits per heavy atom. The second-order valence-corrected chi connectivity index (χ2v) is 14.0. The van der Waals surface area contributed by atoms with Crippen LogP contribution >= 0.6 is 57.7 Å². The summed E-state index contributed by atoms with van der Waals surface area (Å²) in [5, 5.41) is 2.37. The molecule has 0 bridgehead atoms. The fourth-order valence-corrected chi connectivity index (χ4v) is 7.87. The number of hydrogen-bond acceptors (Lipinski definition) is 6. The van der Waals surface area contributed by atoms with E-state index in [9.17, 15) is 14.4 Å². The summed E-state index contributed by atoms with van der Waals surface area (Å²) in [4.78, 5) is 48.6. The molecule has 2 aliphatic rings. The van der Waals surface area contributed by atoms with Crippen LogP contribution in [0.25, 0.3) is 10.4 Å². The first-order valence-corrected chi connectivity index (χ1v) is 17.1. The first kappa shape index (κ1) is 31.9. The van der Waals surface area contributed by atoms with E-state index in [1.165, 1.54) is 11.3 Å². The molecule has 1 aromatic heterocycles. The van der Waals surface area contributed by atoms with Gasteiger partial charge in [-0.05, 0) is 77.9 Å². The molecule has 0 unspecified atom stereocenters. The van der Waals surface area contributed by atoms with Crippen LogP contribution in [-0.2, 0) is 6.54 Å². The van der Waals surface area contributed by atoms with Gasteiger partial charge in [-0.1, -0.05) is 70.7 Å². The van der Waals surface area contributed by atoms with E-state index in [1.807, 2.05) is 24.3 Å². The highest BCUT2D eigenvalue weighted by molar-refractivity contribution is 7.20. The Morgan fingerprint density at radius 1 is 0.702 bits per heavy atom. The van der Waals surface area contributed by atoms with Gasteiger partial charge in [-0.2, -0.15) is 0 Å². The number of carbonyl (C=O) groups is 3. The number of amides is 2. The number of halogens is 4. The normalized spacial score (nSPS) is 15.0. The maximum absolute atomic E-state index is 14.5. The van der Waals surface area contributed by atoms with Crippen molar-refractivity contribution in [1.29, 1.82) is 0 Å². The van der Waals surface area contributed by atoms with E-state index in [0.717, 1.165) is 39.7 Å². The fourth-order valence-electron chi connectivity index (χ4n) is 6.02. The zero-order valence-electron chi connectivity index (χ0n) is 24.7. The van der Waals surface area contributed by atoms with Crippen molar-refractivity contribution in [2.75, 3.05) is 36.0 Å². The molecular weight excluding hydrogens is 696 g/mol. The molecule has 0 spiro atoms. The van der Waals surface area contributed by atoms with Crippen molar-refractivity contribution in [3.63, 3.8) is 0 Å². The first-order valence-electron chi connectivity index (χ1n) is 14.8. The topological polar surface area (TPSA) is 60.9 Å². The van der Waals surface area contributed by atoms with E-state index in [-0.39, 0.29) is 5.78 Å². The summed E-state index contributed by atoms with van der Waals surface area (Å²) in [6.45, 7) is 3.27. The third-order valence-electron chi connectivity index (χ3n) is 8.45. The Hall–Kier alpha value is -3.69. The molecule has 0 aliphatic carbocycles. The Morgan fingerprint density at radius 2 is 1.30 bits per heavy atom. The number of piperazine rings is 1. The summed E-state index contributed by atoms with van der Waals surface area (Å²) >= 11 is 26.2. The molecule has 4 aromatic carbocycles. The molecule has 1 saturated heterocycles. The van der Waals surface area contributed by atoms with Crippen LogP contribution in [0.5, 0.6) is 0 Å². The lowest BCUT2D eigenvalue weighted by atomic mass is 9.97. The minimum Gasteiger partial charge on any atom is -0.369 e. The summed E-state index contributed by atoms with van der Waals surface area (Å²) in [6, 6.07) is 26.4. The minimum atomic E-state index is -0.457. The molecule has 236 valence electrons. The van der Waals surface area contributed by atoms with Crippen molar-refractivity contribution in [2.24, 2.45) is 0 Å². The molecule has 0 saturated carbocycles. The van der Waals surface area contributed by atoms with Crippen LogP contribution in [0, 0.1) is 0 Å². The number of thiophene rings is 1. The van der Waals surface area contributed by atoms with Crippen LogP contribution in [0.3, 0.4) is 0 Å². The predicted octanol–water partition coefficient (Wildman–Crippen LogP) is 9.38. The van der Waals surface area contributed by atoms with Gasteiger partial charge >= 0.3 is 0 Å². The summed E-state index contributed by atoms with van der Waals surface area (Å²) in [5.74, 6) is -1.21. The summed E-state index contributed by atoms with van der Waals surface area (Å²) in [6.07, 6.45) is 0. The van der Waals surface area contributed by atoms with Gasteiger partial charge in [-0.3, -0.25) is 19.3 Å². The Kier molecular flexibility index (Phi) is 8.87. The van der Waals surface area contributed by atoms with Crippen molar-refractivity contribution in [2.45, 2.75) is 6.54 Å². The van der Waals surface area contributed by atoms with Crippen molar-refractivity contribution >= 4 is 86.0 Å². The van der Waals surface area contributed by atoms with E-state index in [1.54, 1.807) is 66.7 Å². The van der Waals surface area contributed by atoms with Gasteiger partial charge in [0, 0.05) is 58.9 Å². The minimum absolute atomic E-state index is 0.297. The Balaban J connectivity index is 1.32. The molecule has 0 N–H and O–H groups in total. The van der Waals surface area contributed by atoms with E-state index in [0.29, 0.717) is 67.0 Å². The second kappa shape index (κ2) is 13.1. The average molecular weight is 721 g/mol. The number of benzene rings is 4. The van der Waals surface area contributed by atoms with E-state index < -0.39 is 11.8 Å². The second-order valence-electron chi connectivity index (χ2n) is 11.3. The van der Waals surface area contributed by atoms with Gasteiger partial charge in [-0.25, -0.2) is 4.90 Å². The number of hydrogen-bond donors (Lipinski definition) is 0. The Labute approximate surface area is 295 Å². The lowest BCUT2D eigenvalue weighted by Gasteiger charge is -2.36. The van der Waals surface area contributed by atoms with Crippen molar-refractivity contribution in [3.05, 3.63) is 139 Å². The number of anilines is 2. The summed E-state index contributed by atoms with van der Waals surface area (Å²) in [5.41, 5.74) is 3.90. The first-order chi connectivity index (χ1) is 22.7. The van der Waals surface area contributed by atoms with Crippen molar-refractivity contribution in [1.82, 2.24) is 4.90 Å². The highest BCUT2D eigenvalue weighted by Gasteiger charge is 2.41. The van der Waals surface area contributed by atoms with Gasteiger partial charge in [-0.15, -0.1) is 11.3 Å². The van der Waals surface area contributed by atoms with E-state index in [2.05, 4.69) is 9.80 Å². The van der Waals surface area contributed by atoms with Gasteiger partial charge < -0.3 is 4.90 Å². The highest BCUT2D eigenvalue weighted by atomic mass is 35.5. The molecule has 1 fully saturated rings. The van der Waals surface area contributed by atoms with Gasteiger partial charge in [0.05, 0.1) is 26.7 Å². The standard InChI is InChI=1S/C36H25Cl4N3O3S/c37-23-9-5-21(6-10-23)32(44)31-28(20-41-15-17-42(18-16-41)25-13-14-29(39)30(40)19-25)33(22-7-11-24(38)12-8-22)47-36(31)43-34(45)26-3-1-2-4-27(26)35(43)46/h1-14,19H,15-18,20H2. The molecule has 0 radical (unpaired) electrons. The maximum atomic E-state index is 14.5. The SMILES string of the molecule is O=C(c1ccc(Cl)cc1)c1c(N2C(=O)c3ccccc3C2=O)sc(-c2ccc(Cl)cc2)c1CN1CCN(c2ccc(Cl)c(Cl)c2)CC1. The molecule has 2 amide bonds. The lowest BCUT2D eigenvalue weighted by Crippen LogP contribution is -2.46. The zero-order valence-corrected chi connectivity index (χ0v) is 28.5. The van der Waals surface area contributed by atoms with E-state index >= 15 is 0 Å². The zero-order chi connectivity index (χ0) is 32.8. The summed E-state index contributed by atoms with van der Waals surface area (Å²) < 4.78 is 0. The fraction of sp³-hybridized carbons (Fsp3) is 0.139. The number of carbonyl (C=O) groups excluding carboxylic acids is 3. The highest BCUT2D eigenvalue weighted by Crippen LogP contribution is 2.46. The predicted molar refractivity (Wildman–Crippen MR) is 191 cm³/mol. The van der Waals surface area contributed by atoms with Crippen molar-refractivity contribution < 1.29 is 14.4 Å². The van der Waals surface area contributed by atoms with Crippen LogP contribution in [0.4, 0.5) is 10.7 Å². The molecule has 47 heavy (non-hydrogen) atoms. The van der Waals surface area contributed by atoms with Gasteiger partial charge in [0.2, 0.25) is 0 Å². The lowest BCUT2D eigenvalue weighted by molar-refractivity contribution is 0.0927. The quantitative estimate of drug-likeness (QED) is 0.124. The number of rotatable bonds is 7. The summed E-state index contributed by atoms with van der Waals surface area (Å²) in [7, 11) is 0. The van der Waals surface area contributed by atoms with Crippen LogP contribution in [-0.4, -0.2) is 48.7 Å². The average Bonchev–Trinajstić information content (AvgIpc) is 3.56. The molecule has 5 aromatic rings. The number of ketones is 1. The van der Waals surface area contributed by atoms with Gasteiger partial charge in [0.15, 0.2) is 5.78 Å². The monoisotopic (exact) mass is 719 g/mol. The van der Waals surface area contributed by atoms with Gasteiger partial charge in [0.25, 0.3) is 11.8 Å². The van der Waals surface area contributed by atoms with Crippen LogP contribution in [0.15, 0.2) is 91.0 Å². The largest absolute Gasteiger partial charge is 0.369 e. The molecule has 2 aliphatic heterocycles. The number of fused-ring (bicyclic) bond motifs is 1. The van der Waals surface area contributed by atoms with Crippen LogP contribution in [0.1, 0.15) is 42.2 Å².